The molecule has 21 heavy (non-hydrogen) atoms. The minimum Gasteiger partial charge on any atom is -0.460 e. The Morgan fingerprint density at radius 3 is 3.05 bits per heavy atom. The summed E-state index contributed by atoms with van der Waals surface area (Å²) in [6.07, 6.45) is 1.72. The van der Waals surface area contributed by atoms with Crippen molar-refractivity contribution < 1.29 is 9.15 Å². The number of alkyl halides is 1. The Morgan fingerprint density at radius 1 is 1.24 bits per heavy atom. The molecule has 0 saturated carbocycles. The predicted molar refractivity (Wildman–Crippen MR) is 83.3 cm³/mol. The SMILES string of the molecule is ClCc1cc2cc(Oc3nc4ncccc4s3)ccc2o1. The van der Waals surface area contributed by atoms with Crippen LogP contribution in [0.2, 0.25) is 0 Å². The number of fused-ring (bicyclic) bond motifs is 2. The highest BCUT2D eigenvalue weighted by Gasteiger charge is 2.08. The fraction of sp³-hybridized carbons (Fsp3) is 0.0667. The van der Waals surface area contributed by atoms with Crippen LogP contribution in [0.5, 0.6) is 10.9 Å². The molecule has 6 heteroatoms. The monoisotopic (exact) mass is 316 g/mol. The van der Waals surface area contributed by atoms with E-state index in [0.717, 1.165) is 21.4 Å². The number of aromatic nitrogens is 2. The van der Waals surface area contributed by atoms with Gasteiger partial charge in [0.15, 0.2) is 5.65 Å². The quantitative estimate of drug-likeness (QED) is 0.501. The Hall–Kier alpha value is -2.11. The lowest BCUT2D eigenvalue weighted by Gasteiger charge is -2.00. The van der Waals surface area contributed by atoms with Crippen molar-refractivity contribution in [2.75, 3.05) is 0 Å². The van der Waals surface area contributed by atoms with E-state index in [9.17, 15) is 0 Å². The molecule has 0 spiro atoms. The lowest BCUT2D eigenvalue weighted by atomic mass is 10.2. The topological polar surface area (TPSA) is 48.2 Å². The van der Waals surface area contributed by atoms with Gasteiger partial charge in [-0.25, -0.2) is 4.98 Å². The first-order valence-corrected chi connectivity index (χ1v) is 7.65. The third-order valence-electron chi connectivity index (χ3n) is 3.02. The summed E-state index contributed by atoms with van der Waals surface area (Å²) in [7, 11) is 0. The predicted octanol–water partition coefficient (Wildman–Crippen LogP) is 4.97. The van der Waals surface area contributed by atoms with E-state index >= 15 is 0 Å². The maximum Gasteiger partial charge on any atom is 0.281 e. The Bertz CT molecular complexity index is 899. The van der Waals surface area contributed by atoms with Crippen molar-refractivity contribution in [3.05, 3.63) is 48.4 Å². The fourth-order valence-corrected chi connectivity index (χ4v) is 3.03. The summed E-state index contributed by atoms with van der Waals surface area (Å²) in [6.45, 7) is 0. The fourth-order valence-electron chi connectivity index (χ4n) is 2.10. The van der Waals surface area contributed by atoms with Gasteiger partial charge in [-0.15, -0.1) is 11.6 Å². The molecule has 1 aromatic carbocycles. The van der Waals surface area contributed by atoms with E-state index in [4.69, 9.17) is 20.8 Å². The summed E-state index contributed by atoms with van der Waals surface area (Å²) < 4.78 is 12.4. The molecule has 4 rings (SSSR count). The van der Waals surface area contributed by atoms with Crippen molar-refractivity contribution in [1.29, 1.82) is 0 Å². The minimum atomic E-state index is 0.356. The molecule has 0 unspecified atom stereocenters. The zero-order valence-electron chi connectivity index (χ0n) is 10.7. The Morgan fingerprint density at radius 2 is 2.19 bits per heavy atom. The first-order valence-electron chi connectivity index (χ1n) is 6.30. The molecule has 104 valence electrons. The maximum atomic E-state index is 5.81. The summed E-state index contributed by atoms with van der Waals surface area (Å²) in [5.74, 6) is 1.81. The Labute approximate surface area is 129 Å². The highest BCUT2D eigenvalue weighted by Crippen LogP contribution is 2.32. The van der Waals surface area contributed by atoms with Crippen molar-refractivity contribution in [3.8, 4) is 10.9 Å². The smallest absolute Gasteiger partial charge is 0.281 e. The van der Waals surface area contributed by atoms with E-state index < -0.39 is 0 Å². The highest BCUT2D eigenvalue weighted by atomic mass is 35.5. The number of rotatable bonds is 3. The standard InChI is InChI=1S/C15H9ClN2O2S/c16-8-11-7-9-6-10(3-4-12(9)19-11)20-15-18-14-13(21-15)2-1-5-17-14/h1-7H,8H2. The van der Waals surface area contributed by atoms with Crippen LogP contribution in [0.4, 0.5) is 0 Å². The van der Waals surface area contributed by atoms with Gasteiger partial charge in [0.2, 0.25) is 0 Å². The molecule has 0 bridgehead atoms. The summed E-state index contributed by atoms with van der Waals surface area (Å²) >= 11 is 7.24. The summed E-state index contributed by atoms with van der Waals surface area (Å²) in [6, 6.07) is 11.4. The van der Waals surface area contributed by atoms with Crippen LogP contribution in [0.1, 0.15) is 5.76 Å². The number of nitrogens with zero attached hydrogens (tertiary/aromatic N) is 2. The second kappa shape index (κ2) is 5.02. The number of hydrogen-bond donors (Lipinski definition) is 0. The number of halogens is 1. The van der Waals surface area contributed by atoms with Gasteiger partial charge in [0.1, 0.15) is 17.1 Å². The molecule has 4 nitrogen and oxygen atoms in total. The molecule has 0 radical (unpaired) electrons. The van der Waals surface area contributed by atoms with Crippen molar-refractivity contribution >= 4 is 44.3 Å². The summed E-state index contributed by atoms with van der Waals surface area (Å²) in [4.78, 5) is 8.55. The van der Waals surface area contributed by atoms with Crippen LogP contribution in [0.3, 0.4) is 0 Å². The summed E-state index contributed by atoms with van der Waals surface area (Å²) in [5.41, 5.74) is 1.50. The van der Waals surface area contributed by atoms with Crippen LogP contribution >= 0.6 is 22.9 Å². The molecular formula is C15H9ClN2O2S. The van der Waals surface area contributed by atoms with E-state index in [1.54, 1.807) is 6.20 Å². The van der Waals surface area contributed by atoms with Gasteiger partial charge in [-0.1, -0.05) is 11.3 Å². The zero-order valence-corrected chi connectivity index (χ0v) is 12.3. The van der Waals surface area contributed by atoms with E-state index in [-0.39, 0.29) is 0 Å². The number of pyridine rings is 1. The van der Waals surface area contributed by atoms with Crippen molar-refractivity contribution in [2.45, 2.75) is 5.88 Å². The van der Waals surface area contributed by atoms with Crippen molar-refractivity contribution in [3.63, 3.8) is 0 Å². The van der Waals surface area contributed by atoms with Gasteiger partial charge in [-0.2, -0.15) is 4.98 Å². The van der Waals surface area contributed by atoms with Crippen LogP contribution in [0, 0.1) is 0 Å². The van der Waals surface area contributed by atoms with Crippen LogP contribution < -0.4 is 4.74 Å². The lowest BCUT2D eigenvalue weighted by Crippen LogP contribution is -1.82. The second-order valence-electron chi connectivity index (χ2n) is 4.45. The van der Waals surface area contributed by atoms with Gasteiger partial charge in [-0.05, 0) is 36.4 Å². The van der Waals surface area contributed by atoms with Gasteiger partial charge in [0, 0.05) is 11.6 Å². The first-order chi connectivity index (χ1) is 10.3. The third kappa shape index (κ3) is 2.34. The van der Waals surface area contributed by atoms with Gasteiger partial charge < -0.3 is 9.15 Å². The zero-order chi connectivity index (χ0) is 14.2. The number of hydrogen-bond acceptors (Lipinski definition) is 5. The van der Waals surface area contributed by atoms with E-state index in [1.807, 2.05) is 36.4 Å². The highest BCUT2D eigenvalue weighted by molar-refractivity contribution is 7.20. The molecule has 3 aromatic heterocycles. The van der Waals surface area contributed by atoms with Crippen LogP contribution in [0.25, 0.3) is 21.3 Å². The molecule has 0 aliphatic carbocycles. The van der Waals surface area contributed by atoms with E-state index in [1.165, 1.54) is 11.3 Å². The minimum absolute atomic E-state index is 0.356. The van der Waals surface area contributed by atoms with Crippen LogP contribution in [0.15, 0.2) is 47.0 Å². The van der Waals surface area contributed by atoms with Gasteiger partial charge in [0.05, 0.1) is 10.6 Å². The summed E-state index contributed by atoms with van der Waals surface area (Å²) in [5, 5.41) is 1.53. The van der Waals surface area contributed by atoms with E-state index in [0.29, 0.717) is 22.5 Å². The van der Waals surface area contributed by atoms with Crippen LogP contribution in [-0.2, 0) is 5.88 Å². The normalized spacial score (nSPS) is 11.3. The molecule has 0 amide bonds. The number of furan rings is 1. The second-order valence-corrected chi connectivity index (χ2v) is 5.71. The molecule has 3 heterocycles. The van der Waals surface area contributed by atoms with Gasteiger partial charge in [-0.3, -0.25) is 0 Å². The molecule has 0 atom stereocenters. The number of thiazole rings is 1. The Balaban J connectivity index is 1.69. The maximum absolute atomic E-state index is 5.81. The Kier molecular flexibility index (Phi) is 3.02. The van der Waals surface area contributed by atoms with Crippen molar-refractivity contribution in [2.24, 2.45) is 0 Å². The number of ether oxygens (including phenoxy) is 1. The number of benzene rings is 1. The molecule has 0 aliphatic rings. The van der Waals surface area contributed by atoms with Crippen molar-refractivity contribution in [1.82, 2.24) is 9.97 Å². The average molecular weight is 317 g/mol. The molecule has 0 fully saturated rings. The lowest BCUT2D eigenvalue weighted by molar-refractivity contribution is 0.480. The molecular weight excluding hydrogens is 308 g/mol. The molecule has 0 saturated heterocycles. The van der Waals surface area contributed by atoms with E-state index in [2.05, 4.69) is 9.97 Å². The average Bonchev–Trinajstić information content (AvgIpc) is 3.09. The largest absolute Gasteiger partial charge is 0.460 e. The first kappa shape index (κ1) is 12.6. The van der Waals surface area contributed by atoms with Crippen LogP contribution in [-0.4, -0.2) is 9.97 Å². The molecule has 4 aromatic rings. The van der Waals surface area contributed by atoms with Gasteiger partial charge >= 0.3 is 0 Å². The molecule has 0 N–H and O–H groups in total. The molecule has 0 aliphatic heterocycles. The third-order valence-corrected chi connectivity index (χ3v) is 4.17. The van der Waals surface area contributed by atoms with Gasteiger partial charge in [0.25, 0.3) is 5.19 Å².